The van der Waals surface area contributed by atoms with Crippen LogP contribution in [-0.2, 0) is 16.1 Å². The Bertz CT molecular complexity index is 565. The Morgan fingerprint density at radius 3 is 2.40 bits per heavy atom. The number of halogens is 2. The molecule has 106 valence electrons. The Labute approximate surface area is 131 Å². The van der Waals surface area contributed by atoms with Gasteiger partial charge in [-0.25, -0.2) is 0 Å². The van der Waals surface area contributed by atoms with Crippen molar-refractivity contribution in [1.29, 1.82) is 0 Å². The van der Waals surface area contributed by atoms with E-state index in [4.69, 9.17) is 11.6 Å². The van der Waals surface area contributed by atoms with Gasteiger partial charge in [0.15, 0.2) is 0 Å². The number of benzene rings is 1. The molecule has 3 nitrogen and oxygen atoms in total. The molecule has 2 fully saturated rings. The number of carbonyl (C=O) groups excluding carboxylic acids is 2. The van der Waals surface area contributed by atoms with E-state index >= 15 is 0 Å². The van der Waals surface area contributed by atoms with Crippen LogP contribution in [0.5, 0.6) is 0 Å². The highest BCUT2D eigenvalue weighted by Crippen LogP contribution is 2.43. The van der Waals surface area contributed by atoms with Crippen molar-refractivity contribution in [1.82, 2.24) is 4.90 Å². The van der Waals surface area contributed by atoms with Gasteiger partial charge in [0.05, 0.1) is 18.4 Å². The summed E-state index contributed by atoms with van der Waals surface area (Å²) in [6.07, 6.45) is 1.67. The maximum absolute atomic E-state index is 12.4. The van der Waals surface area contributed by atoms with E-state index in [1.54, 1.807) is 6.07 Å². The van der Waals surface area contributed by atoms with Gasteiger partial charge >= 0.3 is 0 Å². The van der Waals surface area contributed by atoms with Gasteiger partial charge in [0.25, 0.3) is 0 Å². The van der Waals surface area contributed by atoms with E-state index in [-0.39, 0.29) is 30.2 Å². The molecule has 1 aromatic carbocycles. The second-order valence-corrected chi connectivity index (χ2v) is 7.11. The average molecular weight is 357 g/mol. The summed E-state index contributed by atoms with van der Waals surface area (Å²) in [4.78, 5) is 26.1. The maximum atomic E-state index is 12.4. The van der Waals surface area contributed by atoms with Crippen molar-refractivity contribution in [2.24, 2.45) is 17.8 Å². The molecule has 1 heterocycles. The lowest BCUT2D eigenvalue weighted by atomic mass is 10.00. The van der Waals surface area contributed by atoms with Crippen molar-refractivity contribution in [3.05, 3.63) is 33.3 Å². The van der Waals surface area contributed by atoms with Crippen molar-refractivity contribution < 1.29 is 9.59 Å². The van der Waals surface area contributed by atoms with Gasteiger partial charge in [0.2, 0.25) is 11.8 Å². The topological polar surface area (TPSA) is 37.4 Å². The first-order valence-corrected chi connectivity index (χ1v) is 7.93. The van der Waals surface area contributed by atoms with Crippen LogP contribution in [0.2, 0.25) is 5.02 Å². The monoisotopic (exact) mass is 355 g/mol. The zero-order valence-electron chi connectivity index (χ0n) is 11.1. The van der Waals surface area contributed by atoms with E-state index < -0.39 is 0 Å². The van der Waals surface area contributed by atoms with Gasteiger partial charge in [-0.3, -0.25) is 14.5 Å². The highest BCUT2D eigenvalue weighted by atomic mass is 79.9. The molecule has 1 aromatic rings. The largest absolute Gasteiger partial charge is 0.278 e. The molecule has 1 saturated heterocycles. The summed E-state index contributed by atoms with van der Waals surface area (Å²) in [6, 6.07) is 5.50. The zero-order chi connectivity index (χ0) is 14.4. The van der Waals surface area contributed by atoms with Crippen LogP contribution in [0.1, 0.15) is 25.3 Å². The van der Waals surface area contributed by atoms with E-state index in [0.717, 1.165) is 22.9 Å². The molecule has 2 amide bonds. The summed E-state index contributed by atoms with van der Waals surface area (Å²) < 4.78 is 0.885. The predicted molar refractivity (Wildman–Crippen MR) is 80.1 cm³/mol. The first-order valence-electron chi connectivity index (χ1n) is 6.76. The molecule has 0 spiro atoms. The van der Waals surface area contributed by atoms with Gasteiger partial charge in [-0.2, -0.15) is 0 Å². The molecule has 0 radical (unpaired) electrons. The summed E-state index contributed by atoms with van der Waals surface area (Å²) in [5, 5.41) is 0.574. The Hall–Kier alpha value is -0.870. The van der Waals surface area contributed by atoms with Crippen LogP contribution in [0.3, 0.4) is 0 Å². The van der Waals surface area contributed by atoms with Crippen LogP contribution < -0.4 is 0 Å². The number of nitrogens with zero attached hydrogens (tertiary/aromatic N) is 1. The first-order chi connectivity index (χ1) is 9.47. The van der Waals surface area contributed by atoms with Crippen LogP contribution in [-0.4, -0.2) is 16.7 Å². The van der Waals surface area contributed by atoms with E-state index in [2.05, 4.69) is 22.9 Å². The number of likely N-dealkylation sites (tertiary alicyclic amines) is 1. The lowest BCUT2D eigenvalue weighted by Crippen LogP contribution is -2.31. The third kappa shape index (κ3) is 2.29. The minimum atomic E-state index is -0.105. The SMILES string of the molecule is CC1CC2C(=O)N(Cc3ccc(Br)cc3Cl)C(=O)C2C1. The standard InChI is InChI=1S/C15H15BrClNO2/c1-8-4-11-12(5-8)15(20)18(14(11)19)7-9-2-3-10(16)6-13(9)17/h2-3,6,8,11-12H,4-5,7H2,1H3. The van der Waals surface area contributed by atoms with Crippen LogP contribution in [0, 0.1) is 17.8 Å². The molecule has 5 heteroatoms. The molecule has 0 aromatic heterocycles. The highest BCUT2D eigenvalue weighted by molar-refractivity contribution is 9.10. The zero-order valence-corrected chi connectivity index (χ0v) is 13.4. The van der Waals surface area contributed by atoms with E-state index in [1.807, 2.05) is 12.1 Å². The van der Waals surface area contributed by atoms with Gasteiger partial charge in [-0.05, 0) is 36.5 Å². The smallest absolute Gasteiger partial charge is 0.233 e. The van der Waals surface area contributed by atoms with Crippen molar-refractivity contribution in [2.75, 3.05) is 0 Å². The third-order valence-electron chi connectivity index (χ3n) is 4.31. The van der Waals surface area contributed by atoms with E-state index in [1.165, 1.54) is 4.90 Å². The normalized spacial score (nSPS) is 29.1. The fourth-order valence-electron chi connectivity index (χ4n) is 3.32. The molecule has 0 N–H and O–H groups in total. The van der Waals surface area contributed by atoms with Crippen LogP contribution in [0.4, 0.5) is 0 Å². The van der Waals surface area contributed by atoms with Crippen molar-refractivity contribution in [3.63, 3.8) is 0 Å². The average Bonchev–Trinajstić information content (AvgIpc) is 2.86. The molecular formula is C15H15BrClNO2. The third-order valence-corrected chi connectivity index (χ3v) is 5.15. The number of hydrogen-bond acceptors (Lipinski definition) is 2. The summed E-state index contributed by atoms with van der Waals surface area (Å²) in [5.74, 6) is 0.210. The summed E-state index contributed by atoms with van der Waals surface area (Å²) >= 11 is 9.51. The predicted octanol–water partition coefficient (Wildman–Crippen LogP) is 3.63. The Morgan fingerprint density at radius 1 is 1.25 bits per heavy atom. The maximum Gasteiger partial charge on any atom is 0.233 e. The lowest BCUT2D eigenvalue weighted by Gasteiger charge is -2.17. The summed E-state index contributed by atoms with van der Waals surface area (Å²) in [6.45, 7) is 2.39. The van der Waals surface area contributed by atoms with E-state index in [0.29, 0.717) is 10.9 Å². The second kappa shape index (κ2) is 5.15. The van der Waals surface area contributed by atoms with Crippen molar-refractivity contribution >= 4 is 39.3 Å². The lowest BCUT2D eigenvalue weighted by molar-refractivity contribution is -0.141. The Balaban J connectivity index is 1.82. The number of carbonyl (C=O) groups is 2. The molecule has 1 aliphatic carbocycles. The number of rotatable bonds is 2. The fourth-order valence-corrected chi connectivity index (χ4v) is 4.06. The highest BCUT2D eigenvalue weighted by Gasteiger charge is 2.51. The molecule has 2 aliphatic rings. The fraction of sp³-hybridized carbons (Fsp3) is 0.467. The van der Waals surface area contributed by atoms with Gasteiger partial charge in [0.1, 0.15) is 0 Å². The van der Waals surface area contributed by atoms with Crippen LogP contribution in [0.25, 0.3) is 0 Å². The molecular weight excluding hydrogens is 342 g/mol. The van der Waals surface area contributed by atoms with E-state index in [9.17, 15) is 9.59 Å². The quantitative estimate of drug-likeness (QED) is 0.759. The molecule has 3 rings (SSSR count). The molecule has 1 aliphatic heterocycles. The number of fused-ring (bicyclic) bond motifs is 1. The van der Waals surface area contributed by atoms with Crippen LogP contribution >= 0.6 is 27.5 Å². The Kier molecular flexibility index (Phi) is 3.63. The minimum Gasteiger partial charge on any atom is -0.278 e. The first kappa shape index (κ1) is 14.1. The summed E-state index contributed by atoms with van der Waals surface area (Å²) in [5.41, 5.74) is 0.810. The molecule has 2 unspecified atom stereocenters. The number of imide groups is 1. The Morgan fingerprint density at radius 2 is 1.85 bits per heavy atom. The summed E-state index contributed by atoms with van der Waals surface area (Å²) in [7, 11) is 0. The van der Waals surface area contributed by atoms with Crippen molar-refractivity contribution in [2.45, 2.75) is 26.3 Å². The molecule has 2 atom stereocenters. The van der Waals surface area contributed by atoms with Gasteiger partial charge in [0, 0.05) is 9.50 Å². The van der Waals surface area contributed by atoms with Gasteiger partial charge in [-0.15, -0.1) is 0 Å². The minimum absolute atomic E-state index is 0.0247. The number of amides is 2. The van der Waals surface area contributed by atoms with Gasteiger partial charge in [-0.1, -0.05) is 40.5 Å². The van der Waals surface area contributed by atoms with Gasteiger partial charge < -0.3 is 0 Å². The number of hydrogen-bond donors (Lipinski definition) is 0. The molecule has 20 heavy (non-hydrogen) atoms. The second-order valence-electron chi connectivity index (χ2n) is 5.79. The molecule has 1 saturated carbocycles. The van der Waals surface area contributed by atoms with Crippen molar-refractivity contribution in [3.8, 4) is 0 Å². The molecule has 0 bridgehead atoms. The van der Waals surface area contributed by atoms with Crippen LogP contribution in [0.15, 0.2) is 22.7 Å².